The number of nitrogens with one attached hydrogen (secondary N) is 1. The number of anilines is 1. The molecule has 1 aliphatic heterocycles. The molecule has 7 nitrogen and oxygen atoms in total. The zero-order chi connectivity index (χ0) is 27.5. The molecule has 1 aliphatic rings. The molecule has 198 valence electrons. The molecule has 0 fully saturated rings. The van der Waals surface area contributed by atoms with Gasteiger partial charge in [0.05, 0.1) is 11.6 Å². The monoisotopic (exact) mass is 567 g/mol. The van der Waals surface area contributed by atoms with E-state index in [9.17, 15) is 14.0 Å². The SMILES string of the molecule is O=C(O)OC1CCOc2cc(Oc3ccc(C(=O)Nc4ccc(F)c(-c5ccc(Cl)cc5)c4)cc3)c(Cl)cc21. The fourth-order valence-corrected chi connectivity index (χ4v) is 4.48. The second-order valence-corrected chi connectivity index (χ2v) is 9.46. The summed E-state index contributed by atoms with van der Waals surface area (Å²) < 4.78 is 30.9. The highest BCUT2D eigenvalue weighted by atomic mass is 35.5. The number of amides is 1. The minimum atomic E-state index is -1.38. The van der Waals surface area contributed by atoms with Crippen molar-refractivity contribution in [1.82, 2.24) is 0 Å². The number of benzene rings is 4. The molecule has 0 bridgehead atoms. The number of halogens is 3. The van der Waals surface area contributed by atoms with Crippen molar-refractivity contribution in [1.29, 1.82) is 0 Å². The standard InChI is InChI=1S/C29H20Cl2FNO6/c30-18-5-1-16(2-6-18)21-13-19(7-10-24(21)32)33-28(34)17-3-8-20(9-4-17)38-27-15-26-22(14-23(27)31)25(11-12-37-26)39-29(35)36/h1-10,13-15,25H,11-12H2,(H,33,34)(H,35,36). The molecule has 39 heavy (non-hydrogen) atoms. The quantitative estimate of drug-likeness (QED) is 0.227. The summed E-state index contributed by atoms with van der Waals surface area (Å²) in [5.74, 6) is 0.312. The molecule has 2 N–H and O–H groups in total. The van der Waals surface area contributed by atoms with Gasteiger partial charge in [0.15, 0.2) is 0 Å². The molecule has 1 unspecified atom stereocenters. The molecule has 1 amide bonds. The summed E-state index contributed by atoms with van der Waals surface area (Å²) in [5.41, 5.74) is 2.27. The maximum Gasteiger partial charge on any atom is 0.506 e. The first kappa shape index (κ1) is 26.3. The summed E-state index contributed by atoms with van der Waals surface area (Å²) in [4.78, 5) is 23.8. The molecule has 0 aromatic heterocycles. The van der Waals surface area contributed by atoms with Crippen LogP contribution in [0.2, 0.25) is 10.0 Å². The highest BCUT2D eigenvalue weighted by Crippen LogP contribution is 2.42. The molecular formula is C29H20Cl2FNO6. The van der Waals surface area contributed by atoms with E-state index in [1.165, 1.54) is 12.1 Å². The Morgan fingerprint density at radius 3 is 2.44 bits per heavy atom. The van der Waals surface area contributed by atoms with Crippen LogP contribution in [-0.2, 0) is 4.74 Å². The lowest BCUT2D eigenvalue weighted by Gasteiger charge is -2.25. The van der Waals surface area contributed by atoms with E-state index in [-0.39, 0.29) is 17.5 Å². The Morgan fingerprint density at radius 2 is 1.72 bits per heavy atom. The summed E-state index contributed by atoms with van der Waals surface area (Å²) in [6.45, 7) is 0.283. The van der Waals surface area contributed by atoms with Crippen LogP contribution in [0.5, 0.6) is 17.2 Å². The fourth-order valence-electron chi connectivity index (χ4n) is 4.14. The van der Waals surface area contributed by atoms with Crippen LogP contribution in [0.15, 0.2) is 78.9 Å². The van der Waals surface area contributed by atoms with E-state index in [1.807, 2.05) is 0 Å². The number of hydrogen-bond donors (Lipinski definition) is 2. The van der Waals surface area contributed by atoms with E-state index < -0.39 is 18.1 Å². The number of ether oxygens (including phenoxy) is 3. The van der Waals surface area contributed by atoms with E-state index in [1.54, 1.807) is 66.7 Å². The zero-order valence-electron chi connectivity index (χ0n) is 20.1. The molecule has 0 saturated heterocycles. The fraction of sp³-hybridized carbons (Fsp3) is 0.103. The molecule has 0 aliphatic carbocycles. The van der Waals surface area contributed by atoms with Gasteiger partial charge in [0.2, 0.25) is 0 Å². The van der Waals surface area contributed by atoms with Crippen LogP contribution in [-0.4, -0.2) is 23.8 Å². The number of hydrogen-bond acceptors (Lipinski definition) is 5. The van der Waals surface area contributed by atoms with Gasteiger partial charge in [-0.2, -0.15) is 0 Å². The summed E-state index contributed by atoms with van der Waals surface area (Å²) in [5, 5.41) is 12.5. The number of fused-ring (bicyclic) bond motifs is 1. The van der Waals surface area contributed by atoms with Crippen molar-refractivity contribution in [3.8, 4) is 28.4 Å². The van der Waals surface area contributed by atoms with Crippen molar-refractivity contribution < 1.29 is 33.3 Å². The highest BCUT2D eigenvalue weighted by molar-refractivity contribution is 6.32. The third kappa shape index (κ3) is 6.08. The number of carboxylic acid groups (broad SMARTS) is 1. The van der Waals surface area contributed by atoms with Crippen molar-refractivity contribution in [3.63, 3.8) is 0 Å². The van der Waals surface area contributed by atoms with Crippen molar-refractivity contribution in [2.45, 2.75) is 12.5 Å². The van der Waals surface area contributed by atoms with Gasteiger partial charge >= 0.3 is 6.16 Å². The number of carbonyl (C=O) groups excluding carboxylic acids is 1. The van der Waals surface area contributed by atoms with E-state index in [0.717, 1.165) is 0 Å². The summed E-state index contributed by atoms with van der Waals surface area (Å²) in [6, 6.07) is 20.6. The lowest BCUT2D eigenvalue weighted by atomic mass is 10.0. The molecule has 10 heteroatoms. The average Bonchev–Trinajstić information content (AvgIpc) is 2.91. The lowest BCUT2D eigenvalue weighted by molar-refractivity contribution is 0.0326. The van der Waals surface area contributed by atoms with Crippen molar-refractivity contribution in [2.24, 2.45) is 0 Å². The third-order valence-electron chi connectivity index (χ3n) is 6.02. The Balaban J connectivity index is 1.28. The van der Waals surface area contributed by atoms with Crippen LogP contribution >= 0.6 is 23.2 Å². The molecule has 4 aromatic carbocycles. The summed E-state index contributed by atoms with van der Waals surface area (Å²) in [6.07, 6.45) is -1.69. The first-order chi connectivity index (χ1) is 18.8. The Bertz CT molecular complexity index is 1540. The number of rotatable bonds is 6. The van der Waals surface area contributed by atoms with Gasteiger partial charge in [0.1, 0.15) is 29.2 Å². The molecule has 1 heterocycles. The largest absolute Gasteiger partial charge is 0.506 e. The van der Waals surface area contributed by atoms with E-state index in [0.29, 0.717) is 56.6 Å². The molecule has 0 radical (unpaired) electrons. The molecule has 0 spiro atoms. The van der Waals surface area contributed by atoms with Crippen LogP contribution in [0.1, 0.15) is 28.4 Å². The minimum Gasteiger partial charge on any atom is -0.493 e. The molecule has 4 aromatic rings. The smallest absolute Gasteiger partial charge is 0.493 e. The molecular weight excluding hydrogens is 548 g/mol. The number of carbonyl (C=O) groups is 2. The van der Waals surface area contributed by atoms with Gasteiger partial charge in [-0.05, 0) is 66.2 Å². The normalized spacial score (nSPS) is 14.1. The lowest BCUT2D eigenvalue weighted by Crippen LogP contribution is -2.18. The first-order valence-corrected chi connectivity index (χ1v) is 12.5. The van der Waals surface area contributed by atoms with Gasteiger partial charge in [0, 0.05) is 39.9 Å². The predicted octanol–water partition coefficient (Wildman–Crippen LogP) is 8.36. The first-order valence-electron chi connectivity index (χ1n) is 11.8. The Hall–Kier alpha value is -4.27. The van der Waals surface area contributed by atoms with Crippen LogP contribution in [0.3, 0.4) is 0 Å². The van der Waals surface area contributed by atoms with Gasteiger partial charge in [-0.1, -0.05) is 35.3 Å². The van der Waals surface area contributed by atoms with E-state index in [2.05, 4.69) is 5.32 Å². The molecule has 0 saturated carbocycles. The second kappa shape index (κ2) is 11.2. The van der Waals surface area contributed by atoms with E-state index >= 15 is 0 Å². The van der Waals surface area contributed by atoms with Gasteiger partial charge in [0.25, 0.3) is 5.91 Å². The summed E-state index contributed by atoms with van der Waals surface area (Å²) in [7, 11) is 0. The maximum absolute atomic E-state index is 14.4. The van der Waals surface area contributed by atoms with Crippen molar-refractivity contribution >= 4 is 41.0 Å². The van der Waals surface area contributed by atoms with Gasteiger partial charge in [-0.15, -0.1) is 0 Å². The minimum absolute atomic E-state index is 0.243. The van der Waals surface area contributed by atoms with Crippen molar-refractivity contribution in [3.05, 3.63) is 106 Å². The highest BCUT2D eigenvalue weighted by Gasteiger charge is 2.27. The Labute approximate surface area is 232 Å². The van der Waals surface area contributed by atoms with Gasteiger partial charge in [-0.25, -0.2) is 9.18 Å². The van der Waals surface area contributed by atoms with Crippen molar-refractivity contribution in [2.75, 3.05) is 11.9 Å². The third-order valence-corrected chi connectivity index (χ3v) is 6.56. The average molecular weight is 568 g/mol. The van der Waals surface area contributed by atoms with Gasteiger partial charge in [-0.3, -0.25) is 4.79 Å². The predicted molar refractivity (Wildman–Crippen MR) is 145 cm³/mol. The molecule has 5 rings (SSSR count). The summed E-state index contributed by atoms with van der Waals surface area (Å²) >= 11 is 12.3. The van der Waals surface area contributed by atoms with Crippen LogP contribution in [0.25, 0.3) is 11.1 Å². The second-order valence-electron chi connectivity index (χ2n) is 8.61. The van der Waals surface area contributed by atoms with E-state index in [4.69, 9.17) is 42.5 Å². The topological polar surface area (TPSA) is 94.1 Å². The van der Waals surface area contributed by atoms with Crippen LogP contribution < -0.4 is 14.8 Å². The van der Waals surface area contributed by atoms with Crippen LogP contribution in [0.4, 0.5) is 14.9 Å². The van der Waals surface area contributed by atoms with Crippen LogP contribution in [0, 0.1) is 5.82 Å². The Kier molecular flexibility index (Phi) is 7.58. The maximum atomic E-state index is 14.4. The van der Waals surface area contributed by atoms with Gasteiger partial charge < -0.3 is 24.6 Å². The zero-order valence-corrected chi connectivity index (χ0v) is 21.6. The Morgan fingerprint density at radius 1 is 0.974 bits per heavy atom. The molecule has 1 atom stereocenters.